The Balaban J connectivity index is 1.99. The number of anilines is 3. The molecular weight excluding hydrogens is 310 g/mol. The van der Waals surface area contributed by atoms with Crippen molar-refractivity contribution >= 4 is 23.6 Å². The number of piperazine rings is 1. The summed E-state index contributed by atoms with van der Waals surface area (Å²) in [5, 5.41) is 7.21. The smallest absolute Gasteiger partial charge is 0.343 e. The van der Waals surface area contributed by atoms with Crippen LogP contribution >= 0.6 is 0 Å². The largest absolute Gasteiger partial charge is 0.465 e. The number of rotatable bonds is 4. The number of nitrogens with zero attached hydrogens (tertiary/aromatic N) is 5. The maximum absolute atomic E-state index is 11.7. The molecule has 3 heterocycles. The molecule has 1 saturated heterocycles. The van der Waals surface area contributed by atoms with Gasteiger partial charge >= 0.3 is 5.97 Å². The Morgan fingerprint density at radius 3 is 2.75 bits per heavy atom. The van der Waals surface area contributed by atoms with Gasteiger partial charge in [-0.05, 0) is 12.1 Å². The van der Waals surface area contributed by atoms with Crippen LogP contribution in [0, 0.1) is 0 Å². The number of esters is 1. The Kier molecular flexibility index (Phi) is 4.82. The molecule has 2 aromatic rings. The summed E-state index contributed by atoms with van der Waals surface area (Å²) in [6.07, 6.45) is 3.08. The van der Waals surface area contributed by atoms with E-state index in [4.69, 9.17) is 5.73 Å². The summed E-state index contributed by atoms with van der Waals surface area (Å²) in [6, 6.07) is 5.61. The molecule has 3 N–H and O–H groups in total. The first kappa shape index (κ1) is 16.1. The van der Waals surface area contributed by atoms with Gasteiger partial charge in [0.05, 0.1) is 7.11 Å². The number of nitrogens with one attached hydrogen (secondary N) is 1. The number of aromatic nitrogens is 3. The maximum Gasteiger partial charge on any atom is 0.343 e. The van der Waals surface area contributed by atoms with E-state index in [-0.39, 0.29) is 11.4 Å². The van der Waals surface area contributed by atoms with E-state index in [2.05, 4.69) is 30.0 Å². The molecule has 126 valence electrons. The third-order valence-electron chi connectivity index (χ3n) is 3.64. The van der Waals surface area contributed by atoms with Gasteiger partial charge in [0, 0.05) is 38.6 Å². The molecule has 0 amide bonds. The Morgan fingerprint density at radius 1 is 1.33 bits per heavy atom. The van der Waals surface area contributed by atoms with Crippen molar-refractivity contribution in [1.29, 1.82) is 0 Å². The molecular formula is C15H19N7O2. The van der Waals surface area contributed by atoms with Crippen molar-refractivity contribution in [3.8, 4) is 0 Å². The minimum atomic E-state index is -0.564. The van der Waals surface area contributed by atoms with Crippen molar-refractivity contribution in [1.82, 2.24) is 25.3 Å². The van der Waals surface area contributed by atoms with E-state index in [1.807, 2.05) is 23.2 Å². The predicted molar refractivity (Wildman–Crippen MR) is 88.6 cm³/mol. The number of carbonyl (C=O) groups excluding carboxylic acids is 1. The fourth-order valence-electron chi connectivity index (χ4n) is 2.46. The average Bonchev–Trinajstić information content (AvgIpc) is 2.63. The lowest BCUT2D eigenvalue weighted by molar-refractivity contribution is 0.0601. The molecule has 2 aromatic heterocycles. The Labute approximate surface area is 139 Å². The molecule has 0 atom stereocenters. The van der Waals surface area contributed by atoms with Crippen molar-refractivity contribution in [2.45, 2.75) is 0 Å². The van der Waals surface area contributed by atoms with Crippen LogP contribution in [0.2, 0.25) is 0 Å². The van der Waals surface area contributed by atoms with Gasteiger partial charge in [-0.25, -0.2) is 24.8 Å². The number of ether oxygens (including phenoxy) is 1. The highest BCUT2D eigenvalue weighted by atomic mass is 16.5. The van der Waals surface area contributed by atoms with Gasteiger partial charge in [0.2, 0.25) is 5.95 Å². The second-order valence-electron chi connectivity index (χ2n) is 5.16. The lowest BCUT2D eigenvalue weighted by atomic mass is 10.3. The van der Waals surface area contributed by atoms with E-state index in [0.29, 0.717) is 11.8 Å². The molecule has 3 rings (SSSR count). The quantitative estimate of drug-likeness (QED) is 0.760. The molecule has 1 fully saturated rings. The lowest BCUT2D eigenvalue weighted by Gasteiger charge is -2.36. The van der Waals surface area contributed by atoms with Crippen molar-refractivity contribution in [2.75, 3.05) is 44.0 Å². The molecule has 0 aromatic carbocycles. The monoisotopic (exact) mass is 329 g/mol. The summed E-state index contributed by atoms with van der Waals surface area (Å²) in [5.74, 6) is 0.555. The Morgan fingerprint density at radius 2 is 2.12 bits per heavy atom. The van der Waals surface area contributed by atoms with Crippen LogP contribution in [0.1, 0.15) is 10.4 Å². The first-order valence-corrected chi connectivity index (χ1v) is 7.58. The lowest BCUT2D eigenvalue weighted by Crippen LogP contribution is -2.51. The topological polar surface area (TPSA) is 110 Å². The van der Waals surface area contributed by atoms with Gasteiger partial charge in [-0.15, -0.1) is 0 Å². The van der Waals surface area contributed by atoms with Gasteiger partial charge in [0.15, 0.2) is 0 Å². The fraction of sp³-hybridized carbons (Fsp3) is 0.333. The van der Waals surface area contributed by atoms with Crippen molar-refractivity contribution in [3.05, 3.63) is 36.2 Å². The predicted octanol–water partition coefficient (Wildman–Crippen LogP) is 0.199. The van der Waals surface area contributed by atoms with Gasteiger partial charge in [0.1, 0.15) is 17.2 Å². The van der Waals surface area contributed by atoms with E-state index in [0.717, 1.165) is 26.2 Å². The summed E-state index contributed by atoms with van der Waals surface area (Å²) in [4.78, 5) is 24.6. The minimum Gasteiger partial charge on any atom is -0.465 e. The SMILES string of the molecule is COC(=O)c1cnc(N(c2ccccn2)N2CCNCC2)nc1N. The van der Waals surface area contributed by atoms with Gasteiger partial charge in [-0.1, -0.05) is 6.07 Å². The molecule has 9 heteroatoms. The Hall–Kier alpha value is -2.78. The molecule has 0 saturated carbocycles. The van der Waals surface area contributed by atoms with Crippen LogP contribution in [0.5, 0.6) is 0 Å². The second-order valence-corrected chi connectivity index (χ2v) is 5.16. The summed E-state index contributed by atoms with van der Waals surface area (Å²) >= 11 is 0. The summed E-state index contributed by atoms with van der Waals surface area (Å²) in [5.41, 5.74) is 6.05. The van der Waals surface area contributed by atoms with Crippen LogP contribution in [-0.4, -0.2) is 59.2 Å². The van der Waals surface area contributed by atoms with Crippen molar-refractivity contribution < 1.29 is 9.53 Å². The first-order chi connectivity index (χ1) is 11.7. The zero-order chi connectivity index (χ0) is 16.9. The van der Waals surface area contributed by atoms with E-state index in [1.165, 1.54) is 13.3 Å². The highest BCUT2D eigenvalue weighted by Gasteiger charge is 2.25. The number of pyridine rings is 1. The number of methoxy groups -OCH3 is 1. The number of hydrazine groups is 1. The van der Waals surface area contributed by atoms with Crippen LogP contribution in [0.15, 0.2) is 30.6 Å². The van der Waals surface area contributed by atoms with Crippen LogP contribution in [0.4, 0.5) is 17.6 Å². The number of nitrogen functional groups attached to an aromatic ring is 1. The number of hydrogen-bond acceptors (Lipinski definition) is 9. The zero-order valence-corrected chi connectivity index (χ0v) is 13.3. The summed E-state index contributed by atoms with van der Waals surface area (Å²) in [7, 11) is 1.29. The standard InChI is InChI=1S/C15H19N7O2/c1-24-14(23)11-10-19-15(20-13(11)16)22(12-4-2-3-5-18-12)21-8-6-17-7-9-21/h2-5,10,17H,6-9H2,1H3,(H2,16,19,20). The molecule has 1 aliphatic heterocycles. The Bertz CT molecular complexity index is 704. The van der Waals surface area contributed by atoms with Gasteiger partial charge < -0.3 is 15.8 Å². The highest BCUT2D eigenvalue weighted by Crippen LogP contribution is 2.24. The van der Waals surface area contributed by atoms with E-state index >= 15 is 0 Å². The van der Waals surface area contributed by atoms with E-state index in [1.54, 1.807) is 6.20 Å². The number of carbonyl (C=O) groups is 1. The number of hydrogen-bond donors (Lipinski definition) is 2. The zero-order valence-electron chi connectivity index (χ0n) is 13.3. The molecule has 1 aliphatic rings. The van der Waals surface area contributed by atoms with Crippen LogP contribution in [0.25, 0.3) is 0 Å². The molecule has 9 nitrogen and oxygen atoms in total. The normalized spacial score (nSPS) is 15.0. The van der Waals surface area contributed by atoms with Crippen LogP contribution < -0.4 is 16.1 Å². The third-order valence-corrected chi connectivity index (χ3v) is 3.64. The van der Waals surface area contributed by atoms with Gasteiger partial charge in [-0.3, -0.25) is 0 Å². The van der Waals surface area contributed by atoms with E-state index in [9.17, 15) is 4.79 Å². The number of nitrogens with two attached hydrogens (primary N) is 1. The summed E-state index contributed by atoms with van der Waals surface area (Å²) < 4.78 is 4.67. The molecule has 0 unspecified atom stereocenters. The van der Waals surface area contributed by atoms with Gasteiger partial charge in [-0.2, -0.15) is 4.98 Å². The molecule has 0 bridgehead atoms. The molecule has 24 heavy (non-hydrogen) atoms. The maximum atomic E-state index is 11.7. The summed E-state index contributed by atoms with van der Waals surface area (Å²) in [6.45, 7) is 3.25. The van der Waals surface area contributed by atoms with E-state index < -0.39 is 5.97 Å². The van der Waals surface area contributed by atoms with Gasteiger partial charge in [0.25, 0.3) is 0 Å². The highest BCUT2D eigenvalue weighted by molar-refractivity contribution is 5.93. The van der Waals surface area contributed by atoms with Crippen LogP contribution in [0.3, 0.4) is 0 Å². The third kappa shape index (κ3) is 3.26. The minimum absolute atomic E-state index is 0.0721. The van der Waals surface area contributed by atoms with Crippen molar-refractivity contribution in [2.24, 2.45) is 0 Å². The average molecular weight is 329 g/mol. The molecule has 0 spiro atoms. The van der Waals surface area contributed by atoms with Crippen LogP contribution in [-0.2, 0) is 4.74 Å². The molecule has 0 aliphatic carbocycles. The fourth-order valence-corrected chi connectivity index (χ4v) is 2.46. The molecule has 0 radical (unpaired) electrons. The second kappa shape index (κ2) is 7.20. The first-order valence-electron chi connectivity index (χ1n) is 7.58. The van der Waals surface area contributed by atoms with Crippen molar-refractivity contribution in [3.63, 3.8) is 0 Å².